The maximum Gasteiger partial charge on any atom is 0.191 e. The van der Waals surface area contributed by atoms with Crippen LogP contribution in [0.2, 0.25) is 0 Å². The molecule has 1 aliphatic rings. The van der Waals surface area contributed by atoms with Crippen molar-refractivity contribution in [3.8, 4) is 0 Å². The van der Waals surface area contributed by atoms with Gasteiger partial charge in [0, 0.05) is 37.6 Å². The lowest BCUT2D eigenvalue weighted by Crippen LogP contribution is -2.52. The standard InChI is InChI=1S/C16H34N4O3S/c1-6-17-15(19-14(2)7-12-24(5,21)22)18-13-16(20(3)4)8-10-23-11-9-16/h14H,6-13H2,1-5H3,(H2,17,18,19). The molecule has 0 aromatic heterocycles. The maximum absolute atomic E-state index is 11.3. The first-order valence-electron chi connectivity index (χ1n) is 8.66. The molecule has 0 aromatic carbocycles. The summed E-state index contributed by atoms with van der Waals surface area (Å²) in [5, 5.41) is 6.56. The number of sulfone groups is 1. The van der Waals surface area contributed by atoms with Crippen molar-refractivity contribution < 1.29 is 13.2 Å². The van der Waals surface area contributed by atoms with Crippen LogP contribution in [-0.4, -0.2) is 83.3 Å². The van der Waals surface area contributed by atoms with E-state index in [1.165, 1.54) is 6.26 Å². The third-order valence-corrected chi connectivity index (χ3v) is 5.53. The molecule has 2 N–H and O–H groups in total. The Bertz CT molecular complexity index is 499. The quantitative estimate of drug-likeness (QED) is 0.483. The molecule has 1 saturated heterocycles. The zero-order valence-electron chi connectivity index (χ0n) is 15.8. The van der Waals surface area contributed by atoms with Gasteiger partial charge >= 0.3 is 0 Å². The molecule has 0 amide bonds. The van der Waals surface area contributed by atoms with Crippen LogP contribution in [0.15, 0.2) is 4.99 Å². The molecule has 8 heteroatoms. The molecule has 0 saturated carbocycles. The van der Waals surface area contributed by atoms with E-state index in [-0.39, 0.29) is 17.3 Å². The Morgan fingerprint density at radius 3 is 2.46 bits per heavy atom. The van der Waals surface area contributed by atoms with Crippen molar-refractivity contribution in [2.45, 2.75) is 44.7 Å². The Morgan fingerprint density at radius 1 is 1.33 bits per heavy atom. The first-order valence-corrected chi connectivity index (χ1v) is 10.7. The monoisotopic (exact) mass is 362 g/mol. The fourth-order valence-corrected chi connectivity index (χ4v) is 3.52. The average molecular weight is 363 g/mol. The van der Waals surface area contributed by atoms with Gasteiger partial charge in [-0.15, -0.1) is 0 Å². The molecule has 0 spiro atoms. The predicted molar refractivity (Wildman–Crippen MR) is 99.4 cm³/mol. The van der Waals surface area contributed by atoms with Crippen molar-refractivity contribution in [2.75, 3.05) is 52.4 Å². The van der Waals surface area contributed by atoms with Crippen LogP contribution in [-0.2, 0) is 14.6 Å². The molecule has 1 unspecified atom stereocenters. The predicted octanol–water partition coefficient (Wildman–Crippen LogP) is 0.476. The van der Waals surface area contributed by atoms with E-state index in [1.54, 1.807) is 0 Å². The summed E-state index contributed by atoms with van der Waals surface area (Å²) < 4.78 is 28.1. The van der Waals surface area contributed by atoms with E-state index in [0.29, 0.717) is 13.0 Å². The molecule has 1 atom stereocenters. The molecular weight excluding hydrogens is 328 g/mol. The first kappa shape index (κ1) is 21.2. The SMILES string of the molecule is CCNC(=NCC1(N(C)C)CCOCC1)NC(C)CCS(C)(=O)=O. The van der Waals surface area contributed by atoms with Crippen LogP contribution in [0.3, 0.4) is 0 Å². The van der Waals surface area contributed by atoms with Gasteiger partial charge < -0.3 is 20.3 Å². The largest absolute Gasteiger partial charge is 0.381 e. The molecule has 7 nitrogen and oxygen atoms in total. The number of nitrogens with zero attached hydrogens (tertiary/aromatic N) is 2. The van der Waals surface area contributed by atoms with Crippen molar-refractivity contribution >= 4 is 15.8 Å². The van der Waals surface area contributed by atoms with E-state index >= 15 is 0 Å². The van der Waals surface area contributed by atoms with E-state index in [2.05, 4.69) is 29.6 Å². The van der Waals surface area contributed by atoms with Gasteiger partial charge in [-0.25, -0.2) is 8.42 Å². The number of aliphatic imine (C=N–C) groups is 1. The summed E-state index contributed by atoms with van der Waals surface area (Å²) in [5.41, 5.74) is 0.0244. The number of hydrogen-bond acceptors (Lipinski definition) is 5. The summed E-state index contributed by atoms with van der Waals surface area (Å²) >= 11 is 0. The molecular formula is C16H34N4O3S. The van der Waals surface area contributed by atoms with Crippen LogP contribution in [0.25, 0.3) is 0 Å². The highest BCUT2D eigenvalue weighted by molar-refractivity contribution is 7.90. The van der Waals surface area contributed by atoms with Crippen molar-refractivity contribution in [3.05, 3.63) is 0 Å². The van der Waals surface area contributed by atoms with E-state index in [0.717, 1.165) is 38.6 Å². The van der Waals surface area contributed by atoms with Gasteiger partial charge in [0.25, 0.3) is 0 Å². The molecule has 24 heavy (non-hydrogen) atoms. The van der Waals surface area contributed by atoms with Gasteiger partial charge in [0.05, 0.1) is 12.3 Å². The molecule has 142 valence electrons. The number of nitrogens with one attached hydrogen (secondary N) is 2. The Hall–Kier alpha value is -0.860. The lowest BCUT2D eigenvalue weighted by atomic mass is 9.89. The van der Waals surface area contributed by atoms with Crippen molar-refractivity contribution in [3.63, 3.8) is 0 Å². The van der Waals surface area contributed by atoms with Crippen LogP contribution in [0, 0.1) is 0 Å². The molecule has 1 aliphatic heterocycles. The number of hydrogen-bond donors (Lipinski definition) is 2. The molecule has 0 bridgehead atoms. The van der Waals surface area contributed by atoms with Gasteiger partial charge in [-0.3, -0.25) is 4.99 Å². The van der Waals surface area contributed by atoms with Gasteiger partial charge in [0.15, 0.2) is 5.96 Å². The summed E-state index contributed by atoms with van der Waals surface area (Å²) in [6.07, 6.45) is 3.76. The van der Waals surface area contributed by atoms with Crippen LogP contribution in [0.4, 0.5) is 0 Å². The third kappa shape index (κ3) is 7.36. The normalized spacial score (nSPS) is 20.0. The number of rotatable bonds is 8. The van der Waals surface area contributed by atoms with Crippen LogP contribution >= 0.6 is 0 Å². The zero-order chi connectivity index (χ0) is 18.2. The minimum atomic E-state index is -2.94. The fraction of sp³-hybridized carbons (Fsp3) is 0.938. The molecule has 1 fully saturated rings. The Labute approximate surface area is 147 Å². The third-order valence-electron chi connectivity index (χ3n) is 4.55. The van der Waals surface area contributed by atoms with Crippen LogP contribution in [0.1, 0.15) is 33.1 Å². The lowest BCUT2D eigenvalue weighted by molar-refractivity contribution is -0.00255. The number of likely N-dealkylation sites (N-methyl/N-ethyl adjacent to an activating group) is 1. The molecule has 0 aliphatic carbocycles. The Kier molecular flexibility index (Phi) is 8.45. The number of guanidine groups is 1. The summed E-state index contributed by atoms with van der Waals surface area (Å²) in [6.45, 7) is 6.99. The zero-order valence-corrected chi connectivity index (χ0v) is 16.6. The summed E-state index contributed by atoms with van der Waals surface area (Å²) in [7, 11) is 1.25. The molecule has 0 radical (unpaired) electrons. The second kappa shape index (κ2) is 9.58. The van der Waals surface area contributed by atoms with Gasteiger partial charge in [0.2, 0.25) is 0 Å². The van der Waals surface area contributed by atoms with E-state index in [4.69, 9.17) is 9.73 Å². The second-order valence-electron chi connectivity index (χ2n) is 6.89. The van der Waals surface area contributed by atoms with Gasteiger partial charge in [-0.2, -0.15) is 0 Å². The minimum Gasteiger partial charge on any atom is -0.381 e. The smallest absolute Gasteiger partial charge is 0.191 e. The summed E-state index contributed by atoms with van der Waals surface area (Å²) in [5.74, 6) is 0.922. The summed E-state index contributed by atoms with van der Waals surface area (Å²) in [6, 6.07) is 0.0440. The molecule has 1 heterocycles. The fourth-order valence-electron chi connectivity index (χ4n) is 2.74. The van der Waals surface area contributed by atoms with E-state index < -0.39 is 9.84 Å². The summed E-state index contributed by atoms with van der Waals surface area (Å²) in [4.78, 5) is 7.01. The first-order chi connectivity index (χ1) is 11.2. The number of ether oxygens (including phenoxy) is 1. The Morgan fingerprint density at radius 2 is 1.96 bits per heavy atom. The van der Waals surface area contributed by atoms with Gasteiger partial charge in [-0.05, 0) is 47.2 Å². The Balaban J connectivity index is 2.69. The van der Waals surface area contributed by atoms with E-state index in [1.807, 2.05) is 13.8 Å². The van der Waals surface area contributed by atoms with Crippen LogP contribution < -0.4 is 10.6 Å². The topological polar surface area (TPSA) is 83.0 Å². The second-order valence-corrected chi connectivity index (χ2v) is 9.15. The highest BCUT2D eigenvalue weighted by Gasteiger charge is 2.34. The molecule has 0 aromatic rings. The average Bonchev–Trinajstić information content (AvgIpc) is 2.51. The highest BCUT2D eigenvalue weighted by Crippen LogP contribution is 2.26. The molecule has 1 rings (SSSR count). The lowest BCUT2D eigenvalue weighted by Gasteiger charge is -2.41. The van der Waals surface area contributed by atoms with E-state index in [9.17, 15) is 8.42 Å². The van der Waals surface area contributed by atoms with Crippen molar-refractivity contribution in [2.24, 2.45) is 4.99 Å². The van der Waals surface area contributed by atoms with Gasteiger partial charge in [0.1, 0.15) is 9.84 Å². The van der Waals surface area contributed by atoms with Crippen molar-refractivity contribution in [1.29, 1.82) is 0 Å². The minimum absolute atomic E-state index is 0.0244. The van der Waals surface area contributed by atoms with Gasteiger partial charge in [-0.1, -0.05) is 0 Å². The van der Waals surface area contributed by atoms with Crippen LogP contribution in [0.5, 0.6) is 0 Å². The highest BCUT2D eigenvalue weighted by atomic mass is 32.2. The maximum atomic E-state index is 11.3. The van der Waals surface area contributed by atoms with Crippen molar-refractivity contribution in [1.82, 2.24) is 15.5 Å².